The first kappa shape index (κ1) is 14.2. The Bertz CT molecular complexity index is 523. The Balaban J connectivity index is 2.18. The normalized spacial score (nSPS) is 14.4. The van der Waals surface area contributed by atoms with Gasteiger partial charge < -0.3 is 5.32 Å². The number of aryl methyl sites for hydroxylation is 3. The van der Waals surface area contributed by atoms with Crippen molar-refractivity contribution in [3.8, 4) is 0 Å². The Kier molecular flexibility index (Phi) is 4.38. The second-order valence-corrected chi connectivity index (χ2v) is 6.18. The van der Waals surface area contributed by atoms with E-state index in [4.69, 9.17) is 0 Å². The van der Waals surface area contributed by atoms with Gasteiger partial charge in [0.2, 0.25) is 0 Å². The zero-order chi connectivity index (χ0) is 14.0. The number of nitrogens with zero attached hydrogens (tertiary/aromatic N) is 1. The van der Waals surface area contributed by atoms with Crippen molar-refractivity contribution in [1.29, 1.82) is 0 Å². The molecule has 2 aromatic rings. The summed E-state index contributed by atoms with van der Waals surface area (Å²) in [5.74, 6) is 0. The zero-order valence-electron chi connectivity index (χ0n) is 12.3. The van der Waals surface area contributed by atoms with Crippen LogP contribution in [0.1, 0.15) is 53.3 Å². The fraction of sp³-hybridized carbons (Fsp3) is 0.438. The van der Waals surface area contributed by atoms with Gasteiger partial charge in [0.25, 0.3) is 0 Å². The Labute approximate surface area is 119 Å². The first-order valence-electron chi connectivity index (χ1n) is 6.73. The highest BCUT2D eigenvalue weighted by Crippen LogP contribution is 2.26. The maximum Gasteiger partial charge on any atom is 0.0426 e. The predicted octanol–water partition coefficient (Wildman–Crippen LogP) is 4.48. The van der Waals surface area contributed by atoms with Gasteiger partial charge in [-0.05, 0) is 63.3 Å². The zero-order valence-corrected chi connectivity index (χ0v) is 13.1. The van der Waals surface area contributed by atoms with Crippen LogP contribution in [0, 0.1) is 20.8 Å². The minimum absolute atomic E-state index is 0.310. The number of nitrogens with one attached hydrogen (secondary N) is 1. The molecule has 3 heteroatoms. The lowest BCUT2D eigenvalue weighted by molar-refractivity contribution is 0.495. The van der Waals surface area contributed by atoms with Gasteiger partial charge in [-0.3, -0.25) is 4.98 Å². The largest absolute Gasteiger partial charge is 0.303 e. The van der Waals surface area contributed by atoms with Crippen LogP contribution in [-0.2, 0) is 0 Å². The molecule has 1 unspecified atom stereocenters. The molecule has 0 amide bonds. The molecule has 2 atom stereocenters. The topological polar surface area (TPSA) is 24.9 Å². The molecule has 0 bridgehead atoms. The molecule has 2 rings (SSSR count). The highest BCUT2D eigenvalue weighted by molar-refractivity contribution is 7.10. The lowest BCUT2D eigenvalue weighted by atomic mass is 9.99. The molecule has 0 fully saturated rings. The Morgan fingerprint density at radius 3 is 2.47 bits per heavy atom. The minimum Gasteiger partial charge on any atom is -0.303 e. The third-order valence-corrected chi connectivity index (χ3v) is 4.54. The molecular weight excluding hydrogens is 252 g/mol. The van der Waals surface area contributed by atoms with Crippen molar-refractivity contribution in [1.82, 2.24) is 10.3 Å². The van der Waals surface area contributed by atoms with E-state index in [0.717, 1.165) is 11.4 Å². The van der Waals surface area contributed by atoms with E-state index in [1.54, 1.807) is 11.3 Å². The Morgan fingerprint density at radius 2 is 1.89 bits per heavy atom. The summed E-state index contributed by atoms with van der Waals surface area (Å²) in [4.78, 5) is 5.97. The number of pyridine rings is 1. The molecule has 0 aliphatic rings. The highest BCUT2D eigenvalue weighted by atomic mass is 32.1. The minimum atomic E-state index is 0.310. The molecular formula is C16H22N2S. The number of hydrogen-bond acceptors (Lipinski definition) is 3. The number of aromatic nitrogens is 1. The van der Waals surface area contributed by atoms with Gasteiger partial charge in [-0.2, -0.15) is 0 Å². The van der Waals surface area contributed by atoms with Crippen molar-refractivity contribution in [2.45, 2.75) is 46.7 Å². The van der Waals surface area contributed by atoms with Crippen molar-refractivity contribution >= 4 is 11.3 Å². The van der Waals surface area contributed by atoms with Gasteiger partial charge >= 0.3 is 0 Å². The van der Waals surface area contributed by atoms with Gasteiger partial charge in [0, 0.05) is 28.3 Å². The van der Waals surface area contributed by atoms with Crippen molar-refractivity contribution < 1.29 is 0 Å². The fourth-order valence-electron chi connectivity index (χ4n) is 2.77. The maximum absolute atomic E-state index is 4.59. The van der Waals surface area contributed by atoms with Gasteiger partial charge in [-0.15, -0.1) is 11.3 Å². The number of hydrogen-bond donors (Lipinski definition) is 1. The standard InChI is InChI=1S/C16H22N2S/c1-10-9-11(2)17-13(4)16(10)14(5)18-12(3)15-7-6-8-19-15/h6-9,12,14,18H,1-5H3/t12-,14?/m0/s1. The first-order valence-corrected chi connectivity index (χ1v) is 7.61. The molecule has 0 aliphatic carbocycles. The summed E-state index contributed by atoms with van der Waals surface area (Å²) < 4.78 is 0. The van der Waals surface area contributed by atoms with Crippen LogP contribution in [0.4, 0.5) is 0 Å². The van der Waals surface area contributed by atoms with E-state index >= 15 is 0 Å². The number of rotatable bonds is 4. The lowest BCUT2D eigenvalue weighted by Gasteiger charge is -2.22. The molecule has 2 nitrogen and oxygen atoms in total. The summed E-state index contributed by atoms with van der Waals surface area (Å²) in [6.07, 6.45) is 0. The van der Waals surface area contributed by atoms with Crippen LogP contribution in [0.5, 0.6) is 0 Å². The van der Waals surface area contributed by atoms with Gasteiger partial charge in [0.05, 0.1) is 0 Å². The van der Waals surface area contributed by atoms with Crippen LogP contribution in [0.15, 0.2) is 23.6 Å². The van der Waals surface area contributed by atoms with E-state index in [-0.39, 0.29) is 0 Å². The molecule has 1 N–H and O–H groups in total. The van der Waals surface area contributed by atoms with E-state index in [9.17, 15) is 0 Å². The SMILES string of the molecule is Cc1cc(C)c(C(C)N[C@@H](C)c2cccs2)c(C)n1. The van der Waals surface area contributed by atoms with E-state index in [1.807, 2.05) is 0 Å². The van der Waals surface area contributed by atoms with E-state index in [1.165, 1.54) is 16.0 Å². The summed E-state index contributed by atoms with van der Waals surface area (Å²) in [6, 6.07) is 7.13. The summed E-state index contributed by atoms with van der Waals surface area (Å²) in [7, 11) is 0. The Morgan fingerprint density at radius 1 is 1.16 bits per heavy atom. The van der Waals surface area contributed by atoms with E-state index in [2.05, 4.69) is 68.5 Å². The molecule has 0 radical (unpaired) electrons. The van der Waals surface area contributed by atoms with Gasteiger partial charge in [-0.25, -0.2) is 0 Å². The monoisotopic (exact) mass is 274 g/mol. The summed E-state index contributed by atoms with van der Waals surface area (Å²) >= 11 is 1.80. The highest BCUT2D eigenvalue weighted by Gasteiger charge is 2.16. The summed E-state index contributed by atoms with van der Waals surface area (Å²) in [5, 5.41) is 5.80. The van der Waals surface area contributed by atoms with Gasteiger partial charge in [-0.1, -0.05) is 6.07 Å². The predicted molar refractivity (Wildman–Crippen MR) is 82.7 cm³/mol. The number of thiophene rings is 1. The maximum atomic E-state index is 4.59. The fourth-order valence-corrected chi connectivity index (χ4v) is 3.51. The average Bonchev–Trinajstić information content (AvgIpc) is 2.80. The van der Waals surface area contributed by atoms with Crippen LogP contribution in [0.2, 0.25) is 0 Å². The van der Waals surface area contributed by atoms with Crippen molar-refractivity contribution in [3.63, 3.8) is 0 Å². The molecule has 0 aromatic carbocycles. The first-order chi connectivity index (χ1) is 8.99. The third-order valence-electron chi connectivity index (χ3n) is 3.49. The lowest BCUT2D eigenvalue weighted by Crippen LogP contribution is -2.23. The Hall–Kier alpha value is -1.19. The van der Waals surface area contributed by atoms with Crippen LogP contribution in [-0.4, -0.2) is 4.98 Å². The van der Waals surface area contributed by atoms with E-state index < -0.39 is 0 Å². The van der Waals surface area contributed by atoms with Crippen molar-refractivity contribution in [2.24, 2.45) is 0 Å². The summed E-state index contributed by atoms with van der Waals surface area (Å²) in [6.45, 7) is 10.8. The quantitative estimate of drug-likeness (QED) is 0.889. The summed E-state index contributed by atoms with van der Waals surface area (Å²) in [5.41, 5.74) is 4.88. The van der Waals surface area contributed by atoms with E-state index in [0.29, 0.717) is 12.1 Å². The molecule has 0 saturated carbocycles. The second-order valence-electron chi connectivity index (χ2n) is 5.21. The van der Waals surface area contributed by atoms with Gasteiger partial charge in [0.15, 0.2) is 0 Å². The van der Waals surface area contributed by atoms with Crippen LogP contribution in [0.3, 0.4) is 0 Å². The smallest absolute Gasteiger partial charge is 0.0426 e. The molecule has 2 aromatic heterocycles. The van der Waals surface area contributed by atoms with Crippen LogP contribution >= 0.6 is 11.3 Å². The molecule has 102 valence electrons. The van der Waals surface area contributed by atoms with Gasteiger partial charge in [0.1, 0.15) is 0 Å². The average molecular weight is 274 g/mol. The molecule has 0 spiro atoms. The molecule has 0 saturated heterocycles. The molecule has 19 heavy (non-hydrogen) atoms. The molecule has 2 heterocycles. The molecule has 0 aliphatic heterocycles. The van der Waals surface area contributed by atoms with Crippen molar-refractivity contribution in [2.75, 3.05) is 0 Å². The van der Waals surface area contributed by atoms with Crippen LogP contribution < -0.4 is 5.32 Å². The van der Waals surface area contributed by atoms with Crippen molar-refractivity contribution in [3.05, 3.63) is 51.0 Å². The van der Waals surface area contributed by atoms with Crippen LogP contribution in [0.25, 0.3) is 0 Å². The second kappa shape index (κ2) is 5.85. The third kappa shape index (κ3) is 3.23.